The van der Waals surface area contributed by atoms with Crippen LogP contribution in [0.15, 0.2) is 45.5 Å². The molecule has 0 aliphatic carbocycles. The van der Waals surface area contributed by atoms with Gasteiger partial charge in [-0.3, -0.25) is 14.8 Å². The summed E-state index contributed by atoms with van der Waals surface area (Å²) in [4.78, 5) is 22.0. The molecule has 1 rings (SSSR count). The molecule has 1 aromatic rings. The Morgan fingerprint density at radius 1 is 1.29 bits per heavy atom. The first-order valence-corrected chi connectivity index (χ1v) is 8.70. The monoisotopic (exact) mass is 395 g/mol. The van der Waals surface area contributed by atoms with Gasteiger partial charge in [0, 0.05) is 32.4 Å². The number of hydrogen-bond donors (Lipinski definition) is 3. The van der Waals surface area contributed by atoms with Crippen LogP contribution in [0.25, 0.3) is 0 Å². The molecule has 0 saturated carbocycles. The largest absolute Gasteiger partial charge is 0.399 e. The molecule has 1 unspecified atom stereocenters. The van der Waals surface area contributed by atoms with E-state index in [2.05, 4.69) is 15.3 Å². The van der Waals surface area contributed by atoms with Crippen molar-refractivity contribution >= 4 is 18.1 Å². The summed E-state index contributed by atoms with van der Waals surface area (Å²) in [6.07, 6.45) is -1.50. The highest BCUT2D eigenvalue weighted by Gasteiger charge is 2.18. The van der Waals surface area contributed by atoms with Crippen LogP contribution in [0.4, 0.5) is 8.78 Å². The second-order valence-corrected chi connectivity index (χ2v) is 6.15. The van der Waals surface area contributed by atoms with Crippen LogP contribution in [0, 0.1) is 0 Å². The molecule has 1 aromatic carbocycles. The third kappa shape index (κ3) is 6.12. The fraction of sp³-hybridized carbons (Fsp3) is 0.421. The number of benzene rings is 1. The lowest BCUT2D eigenvalue weighted by Crippen LogP contribution is -2.42. The number of carbonyl (C=O) groups excluding carboxylic acids is 1. The van der Waals surface area contributed by atoms with E-state index >= 15 is 0 Å². The lowest BCUT2D eigenvalue weighted by molar-refractivity contribution is -0.104. The molecule has 154 valence electrons. The summed E-state index contributed by atoms with van der Waals surface area (Å²) in [5.74, 6) is 0.562. The maximum absolute atomic E-state index is 12.8. The van der Waals surface area contributed by atoms with Gasteiger partial charge in [-0.1, -0.05) is 31.2 Å². The predicted octanol–water partition coefficient (Wildman–Crippen LogP) is 2.01. The Morgan fingerprint density at radius 2 is 1.86 bits per heavy atom. The Labute approximate surface area is 163 Å². The molecule has 0 aliphatic heterocycles. The minimum Gasteiger partial charge on any atom is -0.399 e. The van der Waals surface area contributed by atoms with Gasteiger partial charge in [-0.05, 0) is 12.0 Å². The van der Waals surface area contributed by atoms with Gasteiger partial charge in [0.15, 0.2) is 12.2 Å². The first-order chi connectivity index (χ1) is 13.3. The summed E-state index contributed by atoms with van der Waals surface area (Å²) in [6.45, 7) is 1.36. The second kappa shape index (κ2) is 11.1. The zero-order chi connectivity index (χ0) is 21.3. The van der Waals surface area contributed by atoms with Crippen LogP contribution in [0.3, 0.4) is 0 Å². The summed E-state index contributed by atoms with van der Waals surface area (Å²) in [6, 6.07) is 5.44. The van der Waals surface area contributed by atoms with Gasteiger partial charge in [-0.2, -0.15) is 0 Å². The normalized spacial score (nSPS) is 14.6. The molecule has 0 heterocycles. The van der Waals surface area contributed by atoms with Gasteiger partial charge in [0.25, 0.3) is 6.43 Å². The predicted molar refractivity (Wildman–Crippen MR) is 106 cm³/mol. The molecular weight excluding hydrogens is 368 g/mol. The van der Waals surface area contributed by atoms with E-state index in [1.54, 1.807) is 38.2 Å². The van der Waals surface area contributed by atoms with Gasteiger partial charge in [0.05, 0.1) is 18.2 Å². The van der Waals surface area contributed by atoms with E-state index in [1.165, 1.54) is 12.1 Å². The van der Waals surface area contributed by atoms with Crippen molar-refractivity contribution in [3.63, 3.8) is 0 Å². The number of aliphatic hydroxyl groups excluding tert-OH is 1. The lowest BCUT2D eigenvalue weighted by Gasteiger charge is -2.21. The number of nitrogens with zero attached hydrogens (tertiary/aromatic N) is 3. The molecule has 0 fully saturated rings. The van der Waals surface area contributed by atoms with Crippen molar-refractivity contribution in [1.29, 1.82) is 0 Å². The molecule has 0 amide bonds. The summed E-state index contributed by atoms with van der Waals surface area (Å²) < 4.78 is 25.6. The van der Waals surface area contributed by atoms with Gasteiger partial charge in [-0.15, -0.1) is 0 Å². The summed E-state index contributed by atoms with van der Waals surface area (Å²) >= 11 is 0. The molecule has 0 bridgehead atoms. The number of aliphatic imine (C=N–C) groups is 2. The van der Waals surface area contributed by atoms with Crippen LogP contribution >= 0.6 is 0 Å². The van der Waals surface area contributed by atoms with Gasteiger partial charge in [0.2, 0.25) is 0 Å². The second-order valence-electron chi connectivity index (χ2n) is 6.15. The van der Waals surface area contributed by atoms with Gasteiger partial charge < -0.3 is 21.1 Å². The molecule has 9 heteroatoms. The summed E-state index contributed by atoms with van der Waals surface area (Å²) in [5, 5.41) is 12.3. The SMILES string of the molecule is CCC(N=C(NC(=NC)N(C)C)C(C=O)=C(N)CO)c1ccc(C(F)F)cc1. The molecule has 0 aliphatic rings. The van der Waals surface area contributed by atoms with E-state index in [0.717, 1.165) is 0 Å². The Hall–Kier alpha value is -2.81. The minimum absolute atomic E-state index is 0.00755. The number of carbonyl (C=O) groups is 1. The number of amidine groups is 1. The number of halogens is 2. The average Bonchev–Trinajstić information content (AvgIpc) is 2.69. The topological polar surface area (TPSA) is 103 Å². The maximum atomic E-state index is 12.8. The average molecular weight is 395 g/mol. The molecule has 0 spiro atoms. The van der Waals surface area contributed by atoms with Crippen LogP contribution in [0.2, 0.25) is 0 Å². The fourth-order valence-electron chi connectivity index (χ4n) is 2.43. The number of rotatable bonds is 7. The van der Waals surface area contributed by atoms with Crippen molar-refractivity contribution < 1.29 is 18.7 Å². The number of alkyl halides is 2. The maximum Gasteiger partial charge on any atom is 0.263 e. The van der Waals surface area contributed by atoms with Crippen molar-refractivity contribution in [2.75, 3.05) is 27.7 Å². The van der Waals surface area contributed by atoms with E-state index in [-0.39, 0.29) is 22.7 Å². The van der Waals surface area contributed by atoms with Crippen LogP contribution in [-0.2, 0) is 4.79 Å². The molecule has 4 N–H and O–H groups in total. The number of hydrogen-bond acceptors (Lipinski definition) is 5. The van der Waals surface area contributed by atoms with Crippen LogP contribution < -0.4 is 11.1 Å². The minimum atomic E-state index is -2.55. The highest BCUT2D eigenvalue weighted by Crippen LogP contribution is 2.25. The quantitative estimate of drug-likeness (QED) is 0.284. The molecule has 0 radical (unpaired) electrons. The first kappa shape index (κ1) is 23.2. The van der Waals surface area contributed by atoms with Crippen molar-refractivity contribution in [2.24, 2.45) is 15.7 Å². The first-order valence-electron chi connectivity index (χ1n) is 8.70. The molecule has 1 atom stereocenters. The Bertz CT molecular complexity index is 743. The van der Waals surface area contributed by atoms with Crippen LogP contribution in [0.5, 0.6) is 0 Å². The van der Waals surface area contributed by atoms with Crippen LogP contribution in [-0.4, -0.2) is 55.8 Å². The Balaban J connectivity index is 3.43. The zero-order valence-corrected chi connectivity index (χ0v) is 16.5. The van der Waals surface area contributed by atoms with E-state index < -0.39 is 19.1 Å². The van der Waals surface area contributed by atoms with Crippen molar-refractivity contribution in [2.45, 2.75) is 25.8 Å². The highest BCUT2D eigenvalue weighted by atomic mass is 19.3. The molecule has 0 saturated heterocycles. The number of aldehydes is 1. The number of aliphatic hydroxyl groups is 1. The summed E-state index contributed by atoms with van der Waals surface area (Å²) in [5.41, 5.74) is 6.37. The van der Waals surface area contributed by atoms with E-state index in [0.29, 0.717) is 24.2 Å². The number of nitrogens with one attached hydrogen (secondary N) is 1. The van der Waals surface area contributed by atoms with Gasteiger partial charge in [0.1, 0.15) is 5.84 Å². The molecular formula is C19H27F2N5O2. The highest BCUT2D eigenvalue weighted by molar-refractivity contribution is 6.19. The fourth-order valence-corrected chi connectivity index (χ4v) is 2.43. The van der Waals surface area contributed by atoms with Gasteiger partial charge >= 0.3 is 0 Å². The van der Waals surface area contributed by atoms with Gasteiger partial charge in [-0.25, -0.2) is 8.78 Å². The number of nitrogens with two attached hydrogens (primary N) is 1. The number of guanidine groups is 1. The van der Waals surface area contributed by atoms with Crippen molar-refractivity contribution in [1.82, 2.24) is 10.2 Å². The Morgan fingerprint density at radius 3 is 2.25 bits per heavy atom. The van der Waals surface area contributed by atoms with E-state index in [1.807, 2.05) is 6.92 Å². The smallest absolute Gasteiger partial charge is 0.263 e. The molecule has 28 heavy (non-hydrogen) atoms. The zero-order valence-electron chi connectivity index (χ0n) is 16.5. The molecule has 0 aromatic heterocycles. The third-order valence-electron chi connectivity index (χ3n) is 4.00. The van der Waals surface area contributed by atoms with Crippen molar-refractivity contribution in [3.05, 3.63) is 46.7 Å². The molecule has 7 nitrogen and oxygen atoms in total. The summed E-state index contributed by atoms with van der Waals surface area (Å²) in [7, 11) is 5.08. The van der Waals surface area contributed by atoms with Crippen molar-refractivity contribution in [3.8, 4) is 0 Å². The van der Waals surface area contributed by atoms with Crippen LogP contribution in [0.1, 0.15) is 36.9 Å². The van der Waals surface area contributed by atoms with E-state index in [9.17, 15) is 18.7 Å². The standard InChI is InChI=1S/C19H27F2N5O2/c1-5-16(12-6-8-13(9-7-12)17(20)21)24-18(14(10-27)15(22)11-28)25-19(23-2)26(3)4/h6-10,16-17,28H,5,11,22H2,1-4H3,(H,23,24,25). The Kier molecular flexibility index (Phi) is 9.23. The lowest BCUT2D eigenvalue weighted by atomic mass is 10.0. The van der Waals surface area contributed by atoms with E-state index in [4.69, 9.17) is 5.73 Å². The third-order valence-corrected chi connectivity index (χ3v) is 4.00.